The van der Waals surface area contributed by atoms with Crippen LogP contribution in [-0.4, -0.2) is 40.6 Å². The first kappa shape index (κ1) is 18.6. The molecule has 142 valence electrons. The number of carbonyl (C=O) groups is 4. The summed E-state index contributed by atoms with van der Waals surface area (Å²) >= 11 is 0. The normalized spacial score (nSPS) is 15.5. The quantitative estimate of drug-likeness (QED) is 0.527. The lowest BCUT2D eigenvalue weighted by Gasteiger charge is -2.26. The molecule has 9 nitrogen and oxygen atoms in total. The molecule has 3 N–H and O–H groups in total. The van der Waals surface area contributed by atoms with Gasteiger partial charge in [0.15, 0.2) is 6.61 Å². The maximum atomic E-state index is 12.8. The number of hydrogen-bond acceptors (Lipinski definition) is 6. The number of amides is 4. The molecule has 1 aliphatic rings. The number of carbonyl (C=O) groups excluding carboxylic acids is 3. The van der Waals surface area contributed by atoms with Crippen molar-refractivity contribution in [2.24, 2.45) is 0 Å². The number of barbiturate groups is 1. The Morgan fingerprint density at radius 3 is 2.43 bits per heavy atom. The SMILES string of the molecule is O=C(O)COc1ccccc1/C=C1\C(=O)NC(=O)N(c2ccc(O)cc2)C1=O. The average molecular weight is 382 g/mol. The largest absolute Gasteiger partial charge is 0.508 e. The van der Waals surface area contributed by atoms with Crippen LogP contribution in [-0.2, 0) is 14.4 Å². The highest BCUT2D eigenvalue weighted by Gasteiger charge is 2.36. The first-order valence-corrected chi connectivity index (χ1v) is 8.01. The average Bonchev–Trinajstić information content (AvgIpc) is 2.65. The topological polar surface area (TPSA) is 133 Å². The Morgan fingerprint density at radius 1 is 1.07 bits per heavy atom. The van der Waals surface area contributed by atoms with Crippen molar-refractivity contribution in [3.8, 4) is 11.5 Å². The minimum atomic E-state index is -1.18. The predicted molar refractivity (Wildman–Crippen MR) is 96.7 cm³/mol. The van der Waals surface area contributed by atoms with E-state index in [4.69, 9.17) is 9.84 Å². The number of hydrogen-bond donors (Lipinski definition) is 3. The lowest BCUT2D eigenvalue weighted by Crippen LogP contribution is -2.54. The van der Waals surface area contributed by atoms with Crippen LogP contribution in [0.25, 0.3) is 6.08 Å². The van der Waals surface area contributed by atoms with E-state index < -0.39 is 30.4 Å². The molecule has 0 radical (unpaired) electrons. The number of phenolic OH excluding ortho intramolecular Hbond substituents is 1. The highest BCUT2D eigenvalue weighted by Crippen LogP contribution is 2.26. The zero-order chi connectivity index (χ0) is 20.3. The number of benzene rings is 2. The first-order chi connectivity index (χ1) is 13.4. The van der Waals surface area contributed by atoms with Crippen LogP contribution in [0.15, 0.2) is 54.1 Å². The van der Waals surface area contributed by atoms with Gasteiger partial charge in [0.1, 0.15) is 17.1 Å². The number of aliphatic carboxylic acids is 1. The number of carboxylic acids is 1. The van der Waals surface area contributed by atoms with Gasteiger partial charge in [0.2, 0.25) is 0 Å². The number of imide groups is 2. The maximum Gasteiger partial charge on any atom is 0.341 e. The number of phenols is 1. The van der Waals surface area contributed by atoms with Crippen molar-refractivity contribution in [1.29, 1.82) is 0 Å². The van der Waals surface area contributed by atoms with Crippen LogP contribution in [0.4, 0.5) is 10.5 Å². The van der Waals surface area contributed by atoms with Gasteiger partial charge in [-0.1, -0.05) is 18.2 Å². The monoisotopic (exact) mass is 382 g/mol. The fourth-order valence-corrected chi connectivity index (χ4v) is 2.52. The fourth-order valence-electron chi connectivity index (χ4n) is 2.52. The number of nitrogens with one attached hydrogen (secondary N) is 1. The molecule has 1 aliphatic heterocycles. The summed E-state index contributed by atoms with van der Waals surface area (Å²) in [5.74, 6) is -2.83. The Kier molecular flexibility index (Phi) is 5.07. The van der Waals surface area contributed by atoms with E-state index in [2.05, 4.69) is 5.32 Å². The number of carboxylic acid groups (broad SMARTS) is 1. The van der Waals surface area contributed by atoms with E-state index in [1.807, 2.05) is 0 Å². The molecule has 0 bridgehead atoms. The zero-order valence-electron chi connectivity index (χ0n) is 14.3. The molecule has 4 amide bonds. The molecule has 1 heterocycles. The lowest BCUT2D eigenvalue weighted by atomic mass is 10.1. The van der Waals surface area contributed by atoms with E-state index in [1.54, 1.807) is 12.1 Å². The van der Waals surface area contributed by atoms with Gasteiger partial charge in [0, 0.05) is 5.56 Å². The Labute approximate surface area is 158 Å². The zero-order valence-corrected chi connectivity index (χ0v) is 14.3. The lowest BCUT2D eigenvalue weighted by molar-refractivity contribution is -0.139. The van der Waals surface area contributed by atoms with Crippen LogP contribution in [0.3, 0.4) is 0 Å². The minimum absolute atomic E-state index is 0.0510. The molecule has 9 heteroatoms. The summed E-state index contributed by atoms with van der Waals surface area (Å²) in [7, 11) is 0. The van der Waals surface area contributed by atoms with E-state index in [9.17, 15) is 24.3 Å². The number of urea groups is 1. The van der Waals surface area contributed by atoms with E-state index >= 15 is 0 Å². The second-order valence-corrected chi connectivity index (χ2v) is 5.69. The molecule has 0 aromatic heterocycles. The third kappa shape index (κ3) is 3.83. The standard InChI is InChI=1S/C19H14N2O7/c22-13-7-5-12(6-8-13)21-18(26)14(17(25)20-19(21)27)9-11-3-1-2-4-15(11)28-10-16(23)24/h1-9,22H,10H2,(H,23,24)(H,20,25,27)/b14-9+. The second kappa shape index (κ2) is 7.62. The van der Waals surface area contributed by atoms with Gasteiger partial charge in [-0.05, 0) is 36.4 Å². The van der Waals surface area contributed by atoms with Crippen molar-refractivity contribution in [3.05, 3.63) is 59.7 Å². The molecule has 0 atom stereocenters. The van der Waals surface area contributed by atoms with Crippen LogP contribution in [0.5, 0.6) is 11.5 Å². The van der Waals surface area contributed by atoms with Gasteiger partial charge in [-0.25, -0.2) is 14.5 Å². The molecule has 3 rings (SSSR count). The summed E-state index contributed by atoms with van der Waals surface area (Å²) in [5, 5.41) is 20.2. The molecule has 0 spiro atoms. The van der Waals surface area contributed by atoms with Crippen LogP contribution < -0.4 is 15.0 Å². The molecule has 0 unspecified atom stereocenters. The van der Waals surface area contributed by atoms with Crippen LogP contribution in [0.1, 0.15) is 5.56 Å². The molecule has 28 heavy (non-hydrogen) atoms. The minimum Gasteiger partial charge on any atom is -0.508 e. The van der Waals surface area contributed by atoms with Gasteiger partial charge >= 0.3 is 12.0 Å². The highest BCUT2D eigenvalue weighted by atomic mass is 16.5. The van der Waals surface area contributed by atoms with Gasteiger partial charge < -0.3 is 14.9 Å². The van der Waals surface area contributed by atoms with Crippen molar-refractivity contribution in [1.82, 2.24) is 5.32 Å². The summed E-state index contributed by atoms with van der Waals surface area (Å²) in [5.41, 5.74) is 0.121. The third-order valence-electron chi connectivity index (χ3n) is 3.78. The van der Waals surface area contributed by atoms with Gasteiger partial charge in [-0.15, -0.1) is 0 Å². The summed E-state index contributed by atoms with van der Waals surface area (Å²) < 4.78 is 5.16. The Balaban J connectivity index is 1.98. The molecule has 0 saturated carbocycles. The smallest absolute Gasteiger partial charge is 0.341 e. The fraction of sp³-hybridized carbons (Fsp3) is 0.0526. The molecular weight excluding hydrogens is 368 g/mol. The molecule has 2 aromatic carbocycles. The van der Waals surface area contributed by atoms with Crippen molar-refractivity contribution in [2.75, 3.05) is 11.5 Å². The van der Waals surface area contributed by atoms with Crippen molar-refractivity contribution in [2.45, 2.75) is 0 Å². The number of anilines is 1. The van der Waals surface area contributed by atoms with Gasteiger partial charge in [0.05, 0.1) is 5.69 Å². The van der Waals surface area contributed by atoms with E-state index in [-0.39, 0.29) is 22.8 Å². The maximum absolute atomic E-state index is 12.8. The first-order valence-electron chi connectivity index (χ1n) is 8.01. The van der Waals surface area contributed by atoms with Crippen LogP contribution in [0, 0.1) is 0 Å². The summed E-state index contributed by atoms with van der Waals surface area (Å²) in [6.07, 6.45) is 1.22. The van der Waals surface area contributed by atoms with Crippen LogP contribution in [0.2, 0.25) is 0 Å². The molecule has 2 aromatic rings. The highest BCUT2D eigenvalue weighted by molar-refractivity contribution is 6.39. The second-order valence-electron chi connectivity index (χ2n) is 5.69. The van der Waals surface area contributed by atoms with Gasteiger partial charge in [0.25, 0.3) is 11.8 Å². The van der Waals surface area contributed by atoms with Crippen LogP contribution >= 0.6 is 0 Å². The molecule has 0 aliphatic carbocycles. The summed E-state index contributed by atoms with van der Waals surface area (Å²) in [6.45, 7) is -0.599. The van der Waals surface area contributed by atoms with E-state index in [0.717, 1.165) is 4.90 Å². The predicted octanol–water partition coefficient (Wildman–Crippen LogP) is 1.52. The van der Waals surface area contributed by atoms with E-state index in [1.165, 1.54) is 42.5 Å². The Bertz CT molecular complexity index is 996. The third-order valence-corrected chi connectivity index (χ3v) is 3.78. The number of nitrogens with zero attached hydrogens (tertiary/aromatic N) is 1. The van der Waals surface area contributed by atoms with Crippen molar-refractivity contribution in [3.63, 3.8) is 0 Å². The number of ether oxygens (including phenoxy) is 1. The number of aromatic hydroxyl groups is 1. The number of para-hydroxylation sites is 1. The summed E-state index contributed by atoms with van der Waals surface area (Å²) in [6, 6.07) is 10.6. The van der Waals surface area contributed by atoms with E-state index in [0.29, 0.717) is 5.56 Å². The molecule has 1 saturated heterocycles. The van der Waals surface area contributed by atoms with Crippen molar-refractivity contribution >= 4 is 35.6 Å². The van der Waals surface area contributed by atoms with Crippen molar-refractivity contribution < 1.29 is 34.1 Å². The molecule has 1 fully saturated rings. The van der Waals surface area contributed by atoms with Gasteiger partial charge in [-0.2, -0.15) is 0 Å². The Morgan fingerprint density at radius 2 is 1.75 bits per heavy atom. The Hall–Kier alpha value is -4.14. The summed E-state index contributed by atoms with van der Waals surface area (Å²) in [4.78, 5) is 48.6. The van der Waals surface area contributed by atoms with Gasteiger partial charge in [-0.3, -0.25) is 14.9 Å². The number of rotatable bonds is 5. The molecular formula is C19H14N2O7.